The van der Waals surface area contributed by atoms with Crippen molar-refractivity contribution in [2.45, 2.75) is 79.6 Å². The van der Waals surface area contributed by atoms with Crippen molar-refractivity contribution in [1.29, 1.82) is 0 Å². The van der Waals surface area contributed by atoms with Gasteiger partial charge in [0, 0.05) is 23.8 Å². The first-order chi connectivity index (χ1) is 24.1. The molecular formula is C42H46O6SSi. The van der Waals surface area contributed by atoms with E-state index in [9.17, 15) is 4.79 Å². The zero-order valence-electron chi connectivity index (χ0n) is 29.4. The lowest BCUT2D eigenvalue weighted by Gasteiger charge is -2.44. The molecule has 3 aliphatic rings. The first kappa shape index (κ1) is 34.6. The van der Waals surface area contributed by atoms with Crippen LogP contribution in [0.2, 0.25) is 5.04 Å². The highest BCUT2D eigenvalue weighted by Gasteiger charge is 2.59. The maximum Gasteiger partial charge on any atom is 0.262 e. The zero-order chi connectivity index (χ0) is 34.9. The molecule has 2 saturated heterocycles. The molecule has 8 heteroatoms. The number of ketones is 1. The minimum atomic E-state index is -2.98. The fourth-order valence-electron chi connectivity index (χ4n) is 7.82. The summed E-state index contributed by atoms with van der Waals surface area (Å²) in [5.74, 6) is 1.98. The minimum absolute atomic E-state index is 0.0305. The number of fused-ring (bicyclic) bond motifs is 3. The van der Waals surface area contributed by atoms with Crippen LogP contribution in [-0.4, -0.2) is 57.0 Å². The summed E-state index contributed by atoms with van der Waals surface area (Å²) in [6.45, 7) is 9.38. The molecule has 260 valence electrons. The van der Waals surface area contributed by atoms with Crippen LogP contribution in [0, 0.1) is 5.92 Å². The van der Waals surface area contributed by atoms with Crippen LogP contribution in [0.1, 0.15) is 40.5 Å². The number of methoxy groups -OCH3 is 1. The highest BCUT2D eigenvalue weighted by atomic mass is 32.2. The highest BCUT2D eigenvalue weighted by molar-refractivity contribution is 8.01. The summed E-state index contributed by atoms with van der Waals surface area (Å²) >= 11 is 1.56. The van der Waals surface area contributed by atoms with Crippen LogP contribution >= 0.6 is 11.8 Å². The molecule has 3 heterocycles. The SMILES string of the molecule is COc1ccc(O[C@H]2/C=C3\O[C@H](C[C@H]3O[Si](c3ccccc3)(c3ccccc3)C(C)(C)C)[C@@](C)(Sc3ccccc3)C(=O)[C@H]3OCC[C@H]23)cc1. The molecule has 2 fully saturated rings. The highest BCUT2D eigenvalue weighted by Crippen LogP contribution is 2.49. The lowest BCUT2D eigenvalue weighted by Crippen LogP contribution is -2.67. The van der Waals surface area contributed by atoms with Crippen LogP contribution in [0.5, 0.6) is 11.5 Å². The maximum absolute atomic E-state index is 15.0. The summed E-state index contributed by atoms with van der Waals surface area (Å²) in [4.78, 5) is 16.0. The van der Waals surface area contributed by atoms with Crippen LogP contribution < -0.4 is 19.8 Å². The molecule has 6 nitrogen and oxygen atoms in total. The number of ether oxygens (including phenoxy) is 4. The largest absolute Gasteiger partial charge is 0.497 e. The fourth-order valence-corrected chi connectivity index (χ4v) is 13.7. The Kier molecular flexibility index (Phi) is 9.74. The Morgan fingerprint density at radius 2 is 1.40 bits per heavy atom. The monoisotopic (exact) mass is 706 g/mol. The molecule has 50 heavy (non-hydrogen) atoms. The van der Waals surface area contributed by atoms with Crippen molar-refractivity contribution in [2.75, 3.05) is 13.7 Å². The Bertz CT molecular complexity index is 1750. The van der Waals surface area contributed by atoms with Gasteiger partial charge in [0.25, 0.3) is 8.32 Å². The maximum atomic E-state index is 15.0. The number of carbonyl (C=O) groups is 1. The van der Waals surface area contributed by atoms with Gasteiger partial charge in [0.1, 0.15) is 46.4 Å². The quantitative estimate of drug-likeness (QED) is 0.166. The molecule has 0 N–H and O–H groups in total. The van der Waals surface area contributed by atoms with E-state index in [0.717, 1.165) is 16.4 Å². The summed E-state index contributed by atoms with van der Waals surface area (Å²) in [6.07, 6.45) is 1.32. The topological polar surface area (TPSA) is 63.2 Å². The number of hydrogen-bond acceptors (Lipinski definition) is 7. The van der Waals surface area contributed by atoms with Gasteiger partial charge in [-0.15, -0.1) is 11.8 Å². The van der Waals surface area contributed by atoms with E-state index in [4.69, 9.17) is 23.4 Å². The third-order valence-corrected chi connectivity index (χ3v) is 16.9. The Morgan fingerprint density at radius 3 is 1.98 bits per heavy atom. The van der Waals surface area contributed by atoms with E-state index >= 15 is 0 Å². The minimum Gasteiger partial charge on any atom is -0.497 e. The number of Topliss-reactive ketones (excluding diaryl/α,β-unsaturated/α-hetero) is 1. The van der Waals surface area contributed by atoms with Gasteiger partial charge >= 0.3 is 0 Å². The molecule has 0 saturated carbocycles. The number of thioether (sulfide) groups is 1. The van der Waals surface area contributed by atoms with Crippen molar-refractivity contribution in [3.63, 3.8) is 0 Å². The van der Waals surface area contributed by atoms with Crippen molar-refractivity contribution in [3.05, 3.63) is 127 Å². The Balaban J connectivity index is 1.37. The smallest absolute Gasteiger partial charge is 0.262 e. The molecule has 0 aromatic heterocycles. The van der Waals surface area contributed by atoms with Crippen molar-refractivity contribution >= 4 is 36.2 Å². The second-order valence-electron chi connectivity index (χ2n) is 14.6. The lowest BCUT2D eigenvalue weighted by molar-refractivity contribution is -0.135. The van der Waals surface area contributed by atoms with Gasteiger partial charge in [0.2, 0.25) is 0 Å². The first-order valence-electron chi connectivity index (χ1n) is 17.5. The average molecular weight is 707 g/mol. The van der Waals surface area contributed by atoms with E-state index < -0.39 is 37.5 Å². The van der Waals surface area contributed by atoms with E-state index in [2.05, 4.69) is 99.6 Å². The van der Waals surface area contributed by atoms with Crippen molar-refractivity contribution in [2.24, 2.45) is 5.92 Å². The second kappa shape index (κ2) is 14.1. The molecule has 3 aliphatic heterocycles. The Hall–Kier alpha value is -3.82. The molecule has 0 unspecified atom stereocenters. The molecule has 2 bridgehead atoms. The summed E-state index contributed by atoms with van der Waals surface area (Å²) in [5.41, 5.74) is 0. The van der Waals surface area contributed by atoms with E-state index in [1.807, 2.05) is 49.4 Å². The standard InChI is InChI=1S/C42H46O6SSi/c1-41(2,3)50(32-17-11-7-12-18-32,33-19-13-8-14-20-33)48-37-28-38-42(4,49-31-15-9-6-10-16-31)40(43)39-34(25-26-45-39)35(27-36(37)47-38)46-30-23-21-29(44-5)22-24-30/h6-24,27,34-35,37-39H,25-26,28H2,1-5H3/b36-27-/t34-,35+,37-,38-,39+,42-/m1/s1. The van der Waals surface area contributed by atoms with Gasteiger partial charge in [-0.05, 0) is 71.2 Å². The van der Waals surface area contributed by atoms with Crippen LogP contribution in [0.4, 0.5) is 0 Å². The molecule has 0 radical (unpaired) electrons. The van der Waals surface area contributed by atoms with E-state index in [1.165, 1.54) is 10.4 Å². The van der Waals surface area contributed by atoms with Gasteiger partial charge in [-0.3, -0.25) is 4.79 Å². The average Bonchev–Trinajstić information content (AvgIpc) is 3.79. The lowest BCUT2D eigenvalue weighted by atomic mass is 9.83. The molecular weight excluding hydrogens is 661 g/mol. The van der Waals surface area contributed by atoms with Crippen LogP contribution in [0.25, 0.3) is 0 Å². The molecule has 6 atom stereocenters. The second-order valence-corrected chi connectivity index (χ2v) is 20.3. The predicted molar refractivity (Wildman–Crippen MR) is 201 cm³/mol. The number of rotatable bonds is 9. The van der Waals surface area contributed by atoms with Gasteiger partial charge < -0.3 is 23.4 Å². The number of carbonyl (C=O) groups excluding carboxylic acids is 1. The molecule has 7 rings (SSSR count). The van der Waals surface area contributed by atoms with Gasteiger partial charge in [-0.25, -0.2) is 0 Å². The van der Waals surface area contributed by atoms with Gasteiger partial charge in [-0.1, -0.05) is 99.6 Å². The van der Waals surface area contributed by atoms with Crippen molar-refractivity contribution in [3.8, 4) is 11.5 Å². The van der Waals surface area contributed by atoms with Crippen LogP contribution in [0.15, 0.2) is 132 Å². The van der Waals surface area contributed by atoms with Gasteiger partial charge in [0.05, 0.1) is 7.11 Å². The molecule has 4 aromatic rings. The summed E-state index contributed by atoms with van der Waals surface area (Å²) in [6, 6.07) is 39.0. The Morgan fingerprint density at radius 1 is 0.820 bits per heavy atom. The summed E-state index contributed by atoms with van der Waals surface area (Å²) < 4.78 is 32.3. The van der Waals surface area contributed by atoms with Gasteiger partial charge in [-0.2, -0.15) is 0 Å². The molecule has 0 aliphatic carbocycles. The normalized spacial score (nSPS) is 27.6. The number of hydrogen-bond donors (Lipinski definition) is 0. The molecule has 0 amide bonds. The predicted octanol–water partition coefficient (Wildman–Crippen LogP) is 7.60. The summed E-state index contributed by atoms with van der Waals surface area (Å²) in [7, 11) is -1.33. The molecule has 0 spiro atoms. The number of benzene rings is 4. The third-order valence-electron chi connectivity index (χ3n) is 10.4. The van der Waals surface area contributed by atoms with Crippen molar-refractivity contribution < 1.29 is 28.2 Å². The fraction of sp³-hybridized carbons (Fsp3) is 0.357. The van der Waals surface area contributed by atoms with Gasteiger partial charge in [0.15, 0.2) is 5.78 Å². The van der Waals surface area contributed by atoms with Crippen molar-refractivity contribution in [1.82, 2.24) is 0 Å². The zero-order valence-corrected chi connectivity index (χ0v) is 31.2. The first-order valence-corrected chi connectivity index (χ1v) is 20.2. The van der Waals surface area contributed by atoms with Crippen LogP contribution in [-0.2, 0) is 18.7 Å². The Labute approximate surface area is 301 Å². The van der Waals surface area contributed by atoms with E-state index in [0.29, 0.717) is 25.2 Å². The third kappa shape index (κ3) is 6.43. The van der Waals surface area contributed by atoms with E-state index in [-0.39, 0.29) is 16.7 Å². The van der Waals surface area contributed by atoms with Crippen LogP contribution in [0.3, 0.4) is 0 Å². The van der Waals surface area contributed by atoms with E-state index in [1.54, 1.807) is 18.9 Å². The summed E-state index contributed by atoms with van der Waals surface area (Å²) in [5, 5.41) is 2.15. The molecule has 4 aromatic carbocycles.